The fraction of sp³-hybridized carbons (Fsp3) is 0.319. The van der Waals surface area contributed by atoms with Gasteiger partial charge in [0.15, 0.2) is 0 Å². The molecule has 542 valence electrons. The highest BCUT2D eigenvalue weighted by molar-refractivity contribution is 7.21. The van der Waals surface area contributed by atoms with Crippen LogP contribution in [0.2, 0.25) is 0 Å². The SMILES string of the molecule is COCCC(=O)N1CCC(Oc2cc(F)ccc2Nc2ncnc3sc(C(N)=O)c(C)c23)CC1.Cc1c(C(N)=O)sc2ncnc(Nc3ccc(F)cc3OC3CCN(C(=O)c4cccn4C)CC3)c12.Cc1c(C(N)=O)sc2ncnc(Nc3ccc(F)cc3OC3CCN(Cc4ccc[nH]4)CC3)c12. The smallest absolute Gasteiger partial charge is 0.270 e. The van der Waals surface area contributed by atoms with E-state index in [9.17, 15) is 37.1 Å². The molecule has 3 saturated heterocycles. The number of aromatic amines is 1. The summed E-state index contributed by atoms with van der Waals surface area (Å²) in [6, 6.07) is 20.6. The van der Waals surface area contributed by atoms with Crippen molar-refractivity contribution >= 4 is 129 Å². The van der Waals surface area contributed by atoms with E-state index in [0.717, 1.165) is 38.0 Å². The normalized spacial score (nSPS) is 14.5. The number of anilines is 6. The van der Waals surface area contributed by atoms with Gasteiger partial charge in [-0.05, 0) is 111 Å². The number of thiophene rings is 3. The van der Waals surface area contributed by atoms with E-state index < -0.39 is 29.4 Å². The predicted molar refractivity (Wildman–Crippen MR) is 392 cm³/mol. The number of benzene rings is 3. The number of likely N-dealkylation sites (tertiary alicyclic amines) is 3. The molecule has 8 aromatic heterocycles. The molecule has 0 atom stereocenters. The number of amides is 5. The number of carbonyl (C=O) groups excluding carboxylic acids is 5. The molecule has 0 aliphatic carbocycles. The molecule has 0 radical (unpaired) electrons. The highest BCUT2D eigenvalue weighted by Crippen LogP contribution is 2.41. The first-order valence-corrected chi connectivity index (χ1v) is 35.9. The van der Waals surface area contributed by atoms with E-state index >= 15 is 0 Å². The van der Waals surface area contributed by atoms with Gasteiger partial charge in [-0.1, -0.05) is 0 Å². The van der Waals surface area contributed by atoms with Crippen LogP contribution in [0.5, 0.6) is 17.2 Å². The molecule has 3 aliphatic rings. The van der Waals surface area contributed by atoms with Crippen molar-refractivity contribution in [1.29, 1.82) is 0 Å². The van der Waals surface area contributed by atoms with Crippen LogP contribution in [0.1, 0.15) is 107 Å². The predicted octanol–water partition coefficient (Wildman–Crippen LogP) is 11.7. The van der Waals surface area contributed by atoms with Crippen LogP contribution in [0.15, 0.2) is 110 Å². The number of halogens is 3. The number of hydrogen-bond donors (Lipinski definition) is 7. The van der Waals surface area contributed by atoms with Crippen molar-refractivity contribution in [2.45, 2.75) is 90.6 Å². The molecular formula is C72H76F3N17O9S3. The van der Waals surface area contributed by atoms with Crippen LogP contribution < -0.4 is 47.4 Å². The number of carbonyl (C=O) groups is 5. The van der Waals surface area contributed by atoms with E-state index in [1.807, 2.05) is 43.4 Å². The number of nitrogens with one attached hydrogen (secondary N) is 4. The van der Waals surface area contributed by atoms with Crippen molar-refractivity contribution in [3.05, 3.63) is 170 Å². The third-order valence-corrected chi connectivity index (χ3v) is 21.8. The number of nitrogens with zero attached hydrogens (tertiary/aromatic N) is 10. The number of aromatic nitrogens is 8. The molecule has 104 heavy (non-hydrogen) atoms. The summed E-state index contributed by atoms with van der Waals surface area (Å²) in [5.74, 6) is -0.149. The van der Waals surface area contributed by atoms with Crippen molar-refractivity contribution in [2.24, 2.45) is 24.2 Å². The summed E-state index contributed by atoms with van der Waals surface area (Å²) in [6.07, 6.45) is 12.2. The molecular weight excluding hydrogens is 1400 g/mol. The zero-order valence-corrected chi connectivity index (χ0v) is 59.9. The van der Waals surface area contributed by atoms with Gasteiger partial charge in [-0.2, -0.15) is 0 Å². The van der Waals surface area contributed by atoms with Gasteiger partial charge in [0.25, 0.3) is 23.6 Å². The maximum absolute atomic E-state index is 14.2. The van der Waals surface area contributed by atoms with Crippen LogP contribution in [0.25, 0.3) is 30.6 Å². The first-order valence-electron chi connectivity index (χ1n) is 33.5. The van der Waals surface area contributed by atoms with E-state index in [2.05, 4.69) is 61.8 Å². The van der Waals surface area contributed by atoms with E-state index in [1.165, 1.54) is 95.1 Å². The summed E-state index contributed by atoms with van der Waals surface area (Å²) in [4.78, 5) is 98.6. The number of ether oxygens (including phenoxy) is 4. The molecule has 0 unspecified atom stereocenters. The van der Waals surface area contributed by atoms with Gasteiger partial charge in [0.1, 0.15) is 110 Å². The van der Waals surface area contributed by atoms with Gasteiger partial charge >= 0.3 is 0 Å². The summed E-state index contributed by atoms with van der Waals surface area (Å²) >= 11 is 3.63. The Hall–Kier alpha value is -10.8. The quantitative estimate of drug-likeness (QED) is 0.0351. The zero-order valence-electron chi connectivity index (χ0n) is 57.5. The molecule has 3 aromatic carbocycles. The zero-order chi connectivity index (χ0) is 73.3. The molecule has 32 heteroatoms. The standard InChI is InChI=1S/C25H25FN6O3S.C24H25FN6O2S.C23H26FN5O4S/c1-14-20-23(28-13-29-24(20)36-21(14)22(27)33)30-17-6-5-15(26)12-19(17)35-16-7-10-32(11-8-16)25(34)18-4-3-9-31(18)2;1-14-20-23(28-13-29-24(20)34-21(14)22(26)32)30-18-5-4-15(25)11-19(18)33-17-6-9-31(10-7-17)12-16-3-2-8-27-16;1-13-19-22(26-12-27-23(19)34-20(13)21(25)31)28-16-4-3-14(24)11-17(16)33-15-5-8-29(9-6-15)18(30)7-10-32-2/h3-6,9,12-13,16H,7-8,10-11H2,1-2H3,(H2,27,33)(H,28,29,30);2-5,8,11,13,17,27H,6-7,9-10,12H2,1H3,(H2,26,32)(H,28,29,30);3-4,11-12,15H,5-10H2,1-2H3,(H2,25,31)(H,26,27,28). The third-order valence-electron chi connectivity index (χ3n) is 18.1. The van der Waals surface area contributed by atoms with Crippen LogP contribution >= 0.6 is 34.0 Å². The van der Waals surface area contributed by atoms with Crippen molar-refractivity contribution in [2.75, 3.05) is 68.9 Å². The van der Waals surface area contributed by atoms with Crippen LogP contribution in [-0.2, 0) is 23.1 Å². The van der Waals surface area contributed by atoms with Crippen LogP contribution in [-0.4, -0.2) is 155 Å². The molecule has 0 saturated carbocycles. The number of primary amides is 3. The minimum absolute atomic E-state index is 0.0108. The lowest BCUT2D eigenvalue weighted by Gasteiger charge is -2.32. The fourth-order valence-corrected chi connectivity index (χ4v) is 15.7. The number of hydrogen-bond acceptors (Lipinski definition) is 22. The maximum atomic E-state index is 14.2. The Bertz CT molecular complexity index is 4950. The summed E-state index contributed by atoms with van der Waals surface area (Å²) in [7, 11) is 3.42. The number of piperidine rings is 3. The molecule has 14 rings (SSSR count). The Morgan fingerprint density at radius 3 is 1.29 bits per heavy atom. The summed E-state index contributed by atoms with van der Waals surface area (Å²) < 4.78 is 67.8. The first-order chi connectivity index (χ1) is 50.2. The summed E-state index contributed by atoms with van der Waals surface area (Å²) in [5, 5.41) is 11.8. The van der Waals surface area contributed by atoms with Gasteiger partial charge in [-0.15, -0.1) is 34.0 Å². The monoisotopic (exact) mass is 1480 g/mol. The lowest BCUT2D eigenvalue weighted by Crippen LogP contribution is -2.42. The Balaban J connectivity index is 0.000000147. The largest absolute Gasteiger partial charge is 0.488 e. The van der Waals surface area contributed by atoms with Gasteiger partial charge < -0.3 is 71.4 Å². The van der Waals surface area contributed by atoms with E-state index in [4.69, 9.17) is 36.1 Å². The number of nitrogens with two attached hydrogens (primary N) is 3. The summed E-state index contributed by atoms with van der Waals surface area (Å²) in [5.41, 5.74) is 22.1. The second-order valence-electron chi connectivity index (χ2n) is 25.1. The van der Waals surface area contributed by atoms with Crippen molar-refractivity contribution < 1.29 is 56.1 Å². The van der Waals surface area contributed by atoms with E-state index in [0.29, 0.717) is 179 Å². The lowest BCUT2D eigenvalue weighted by atomic mass is 10.1. The lowest BCUT2D eigenvalue weighted by molar-refractivity contribution is -0.133. The molecule has 11 heterocycles. The van der Waals surface area contributed by atoms with Crippen LogP contribution in [0.4, 0.5) is 47.7 Å². The Kier molecular flexibility index (Phi) is 22.9. The van der Waals surface area contributed by atoms with Crippen LogP contribution in [0.3, 0.4) is 0 Å². The summed E-state index contributed by atoms with van der Waals surface area (Å²) in [6.45, 7) is 10.7. The van der Waals surface area contributed by atoms with Gasteiger partial charge in [0.2, 0.25) is 5.91 Å². The number of H-pyrrole nitrogens is 1. The minimum atomic E-state index is -0.524. The molecule has 5 amide bonds. The molecule has 26 nitrogen and oxygen atoms in total. The minimum Gasteiger partial charge on any atom is -0.488 e. The number of rotatable bonds is 21. The van der Waals surface area contributed by atoms with Crippen molar-refractivity contribution in [3.8, 4) is 17.2 Å². The fourth-order valence-electron chi connectivity index (χ4n) is 12.7. The van der Waals surface area contributed by atoms with Crippen molar-refractivity contribution in [3.63, 3.8) is 0 Å². The van der Waals surface area contributed by atoms with E-state index in [1.54, 1.807) is 54.7 Å². The number of fused-ring (bicyclic) bond motifs is 3. The Labute approximate surface area is 607 Å². The van der Waals surface area contributed by atoms with Gasteiger partial charge in [0, 0.05) is 122 Å². The molecule has 3 fully saturated rings. The van der Waals surface area contributed by atoms with Gasteiger partial charge in [-0.25, -0.2) is 43.1 Å². The molecule has 0 spiro atoms. The highest BCUT2D eigenvalue weighted by atomic mass is 32.1. The van der Waals surface area contributed by atoms with E-state index in [-0.39, 0.29) is 35.9 Å². The third kappa shape index (κ3) is 17.0. The number of aryl methyl sites for hydroxylation is 4. The molecule has 0 bridgehead atoms. The average Bonchev–Trinajstić information content (AvgIpc) is 1.64. The Morgan fingerprint density at radius 2 is 0.933 bits per heavy atom. The van der Waals surface area contributed by atoms with Gasteiger partial charge in [0.05, 0.1) is 60.9 Å². The first kappa shape index (κ1) is 73.0. The van der Waals surface area contributed by atoms with Gasteiger partial charge in [-0.3, -0.25) is 28.9 Å². The second kappa shape index (κ2) is 32.7. The maximum Gasteiger partial charge on any atom is 0.270 e. The average molecular weight is 1480 g/mol. The second-order valence-corrected chi connectivity index (χ2v) is 28.1. The Morgan fingerprint density at radius 1 is 0.538 bits per heavy atom. The topological polar surface area (TPSA) is 344 Å². The van der Waals surface area contributed by atoms with Crippen molar-refractivity contribution in [1.82, 2.24) is 54.2 Å². The number of methoxy groups -OCH3 is 1. The van der Waals surface area contributed by atoms with Crippen LogP contribution in [0, 0.1) is 38.2 Å². The molecule has 11 aromatic rings. The highest BCUT2D eigenvalue weighted by Gasteiger charge is 2.30. The molecule has 10 N–H and O–H groups in total. The molecule has 3 aliphatic heterocycles.